The molecule has 1 amide bonds. The number of H-pyrrole nitrogens is 1. The van der Waals surface area contributed by atoms with Crippen LogP contribution in [0.25, 0.3) is 0 Å². The van der Waals surface area contributed by atoms with Gasteiger partial charge in [-0.3, -0.25) is 9.59 Å². The Bertz CT molecular complexity index is 965. The van der Waals surface area contributed by atoms with E-state index in [4.69, 9.17) is 4.74 Å². The van der Waals surface area contributed by atoms with Gasteiger partial charge in [0.2, 0.25) is 5.78 Å². The first-order valence-electron chi connectivity index (χ1n) is 8.78. The number of aromatic amines is 1. The van der Waals surface area contributed by atoms with Gasteiger partial charge in [0, 0.05) is 19.8 Å². The van der Waals surface area contributed by atoms with E-state index in [9.17, 15) is 14.4 Å². The highest BCUT2D eigenvalue weighted by molar-refractivity contribution is 6.06. The molecule has 0 spiro atoms. The number of rotatable bonds is 7. The lowest BCUT2D eigenvalue weighted by Crippen LogP contribution is -2.28. The van der Waals surface area contributed by atoms with Crippen LogP contribution in [0.15, 0.2) is 72.9 Å². The molecular formula is C22H20N2O4. The van der Waals surface area contributed by atoms with E-state index >= 15 is 0 Å². The number of carbonyl (C=O) groups is 3. The lowest BCUT2D eigenvalue weighted by Gasteiger charge is -2.19. The summed E-state index contributed by atoms with van der Waals surface area (Å²) >= 11 is 0. The molecule has 6 nitrogen and oxygen atoms in total. The molecule has 0 aliphatic rings. The molecule has 0 bridgehead atoms. The highest BCUT2D eigenvalue weighted by Crippen LogP contribution is 2.15. The minimum atomic E-state index is -0.711. The van der Waals surface area contributed by atoms with Crippen LogP contribution in [0, 0.1) is 0 Å². The van der Waals surface area contributed by atoms with Crippen LogP contribution < -0.4 is 0 Å². The molecule has 1 heterocycles. The van der Waals surface area contributed by atoms with Crippen LogP contribution in [0.4, 0.5) is 0 Å². The molecule has 0 fully saturated rings. The van der Waals surface area contributed by atoms with Crippen LogP contribution in [0.3, 0.4) is 0 Å². The molecular weight excluding hydrogens is 356 g/mol. The summed E-state index contributed by atoms with van der Waals surface area (Å²) in [5, 5.41) is 0. The first kappa shape index (κ1) is 19.1. The van der Waals surface area contributed by atoms with E-state index in [1.807, 2.05) is 30.3 Å². The Morgan fingerprint density at radius 2 is 1.57 bits per heavy atom. The van der Waals surface area contributed by atoms with Crippen LogP contribution in [-0.2, 0) is 11.3 Å². The van der Waals surface area contributed by atoms with Gasteiger partial charge in [-0.25, -0.2) is 4.79 Å². The summed E-state index contributed by atoms with van der Waals surface area (Å²) in [6, 6.07) is 19.3. The molecule has 0 radical (unpaired) electrons. The molecule has 142 valence electrons. The number of hydrogen-bond donors (Lipinski definition) is 1. The standard InChI is InChI=1S/C22H20N2O4/c1-24(14-16-8-3-2-4-9-16)21(26)17-10-5-6-11-18(17)22(27)28-15-20(25)19-12-7-13-23-19/h2-13,23H,14-15H2,1H3. The minimum absolute atomic E-state index is 0.131. The third kappa shape index (κ3) is 4.54. The Balaban J connectivity index is 1.70. The number of nitrogens with zero attached hydrogens (tertiary/aromatic N) is 1. The van der Waals surface area contributed by atoms with Crippen molar-refractivity contribution in [2.24, 2.45) is 0 Å². The fraction of sp³-hybridized carbons (Fsp3) is 0.136. The number of ether oxygens (including phenoxy) is 1. The summed E-state index contributed by atoms with van der Waals surface area (Å²) in [5.41, 5.74) is 1.71. The third-order valence-electron chi connectivity index (χ3n) is 4.22. The van der Waals surface area contributed by atoms with E-state index in [-0.39, 0.29) is 22.8 Å². The van der Waals surface area contributed by atoms with Crippen molar-refractivity contribution in [3.63, 3.8) is 0 Å². The molecule has 1 N–H and O–H groups in total. The Morgan fingerprint density at radius 1 is 0.893 bits per heavy atom. The minimum Gasteiger partial charge on any atom is -0.454 e. The molecule has 0 aliphatic carbocycles. The van der Waals surface area contributed by atoms with Crippen molar-refractivity contribution < 1.29 is 19.1 Å². The van der Waals surface area contributed by atoms with Crippen LogP contribution >= 0.6 is 0 Å². The van der Waals surface area contributed by atoms with Gasteiger partial charge in [-0.1, -0.05) is 42.5 Å². The number of aromatic nitrogens is 1. The van der Waals surface area contributed by atoms with Crippen molar-refractivity contribution in [2.45, 2.75) is 6.54 Å². The predicted molar refractivity (Wildman–Crippen MR) is 104 cm³/mol. The fourth-order valence-electron chi connectivity index (χ4n) is 2.77. The molecule has 1 aromatic heterocycles. The maximum atomic E-state index is 12.8. The number of esters is 1. The van der Waals surface area contributed by atoms with Gasteiger partial charge in [0.05, 0.1) is 16.8 Å². The fourth-order valence-corrected chi connectivity index (χ4v) is 2.77. The number of carbonyl (C=O) groups excluding carboxylic acids is 3. The quantitative estimate of drug-likeness (QED) is 0.507. The molecule has 0 unspecified atom stereocenters. The zero-order chi connectivity index (χ0) is 19.9. The molecule has 0 atom stereocenters. The number of amides is 1. The van der Waals surface area contributed by atoms with Gasteiger partial charge < -0.3 is 14.6 Å². The maximum Gasteiger partial charge on any atom is 0.339 e. The molecule has 2 aromatic carbocycles. The zero-order valence-electron chi connectivity index (χ0n) is 15.4. The van der Waals surface area contributed by atoms with Crippen LogP contribution in [0.1, 0.15) is 36.8 Å². The molecule has 6 heteroatoms. The Labute approximate surface area is 162 Å². The van der Waals surface area contributed by atoms with Gasteiger partial charge in [0.25, 0.3) is 5.91 Å². The van der Waals surface area contributed by atoms with Crippen LogP contribution in [0.5, 0.6) is 0 Å². The van der Waals surface area contributed by atoms with E-state index in [0.717, 1.165) is 5.56 Å². The van der Waals surface area contributed by atoms with Crippen molar-refractivity contribution in [3.05, 3.63) is 95.3 Å². The number of benzene rings is 2. The summed E-state index contributed by atoms with van der Waals surface area (Å²) in [4.78, 5) is 41.6. The van der Waals surface area contributed by atoms with Crippen molar-refractivity contribution in [3.8, 4) is 0 Å². The van der Waals surface area contributed by atoms with Crippen molar-refractivity contribution in [1.82, 2.24) is 9.88 Å². The normalized spacial score (nSPS) is 10.3. The lowest BCUT2D eigenvalue weighted by molar-refractivity contribution is 0.0469. The number of hydrogen-bond acceptors (Lipinski definition) is 4. The maximum absolute atomic E-state index is 12.8. The van der Waals surface area contributed by atoms with Gasteiger partial charge in [-0.15, -0.1) is 0 Å². The molecule has 0 saturated carbocycles. The Morgan fingerprint density at radius 3 is 2.25 bits per heavy atom. The highest BCUT2D eigenvalue weighted by atomic mass is 16.5. The topological polar surface area (TPSA) is 79.5 Å². The SMILES string of the molecule is CN(Cc1ccccc1)C(=O)c1ccccc1C(=O)OCC(=O)c1ccc[nH]1. The van der Waals surface area contributed by atoms with Gasteiger partial charge in [-0.2, -0.15) is 0 Å². The van der Waals surface area contributed by atoms with Crippen LogP contribution in [-0.4, -0.2) is 41.2 Å². The first-order valence-corrected chi connectivity index (χ1v) is 8.78. The number of ketones is 1. The second-order valence-electron chi connectivity index (χ2n) is 6.28. The van der Waals surface area contributed by atoms with Gasteiger partial charge >= 0.3 is 5.97 Å². The Kier molecular flexibility index (Phi) is 6.01. The van der Waals surface area contributed by atoms with E-state index in [2.05, 4.69) is 4.98 Å². The number of Topliss-reactive ketones (excluding diaryl/α,β-unsaturated/α-hetero) is 1. The highest BCUT2D eigenvalue weighted by Gasteiger charge is 2.21. The van der Waals surface area contributed by atoms with Crippen molar-refractivity contribution in [1.29, 1.82) is 0 Å². The summed E-state index contributed by atoms with van der Waals surface area (Å²) in [7, 11) is 1.67. The molecule has 0 aliphatic heterocycles. The summed E-state index contributed by atoms with van der Waals surface area (Å²) in [5.74, 6) is -1.35. The van der Waals surface area contributed by atoms with Gasteiger partial charge in [0.15, 0.2) is 6.61 Å². The zero-order valence-corrected chi connectivity index (χ0v) is 15.4. The summed E-state index contributed by atoms with van der Waals surface area (Å²) in [6.07, 6.45) is 1.62. The van der Waals surface area contributed by atoms with E-state index in [0.29, 0.717) is 12.2 Å². The third-order valence-corrected chi connectivity index (χ3v) is 4.22. The van der Waals surface area contributed by atoms with Crippen LogP contribution in [0.2, 0.25) is 0 Å². The number of nitrogens with one attached hydrogen (secondary N) is 1. The van der Waals surface area contributed by atoms with Crippen molar-refractivity contribution >= 4 is 17.7 Å². The second kappa shape index (κ2) is 8.81. The largest absolute Gasteiger partial charge is 0.454 e. The predicted octanol–water partition coefficient (Wildman–Crippen LogP) is 3.33. The average molecular weight is 376 g/mol. The van der Waals surface area contributed by atoms with E-state index < -0.39 is 12.6 Å². The average Bonchev–Trinajstić information content (AvgIpc) is 3.27. The van der Waals surface area contributed by atoms with E-state index in [1.54, 1.807) is 43.6 Å². The smallest absolute Gasteiger partial charge is 0.339 e. The van der Waals surface area contributed by atoms with E-state index in [1.165, 1.54) is 11.0 Å². The molecule has 3 rings (SSSR count). The van der Waals surface area contributed by atoms with Gasteiger partial charge in [0.1, 0.15) is 0 Å². The summed E-state index contributed by atoms with van der Waals surface area (Å²) in [6.45, 7) is 0.0100. The monoisotopic (exact) mass is 376 g/mol. The molecule has 3 aromatic rings. The lowest BCUT2D eigenvalue weighted by atomic mass is 10.1. The first-order chi connectivity index (χ1) is 13.6. The summed E-state index contributed by atoms with van der Waals surface area (Å²) < 4.78 is 5.12. The molecule has 0 saturated heterocycles. The second-order valence-corrected chi connectivity index (χ2v) is 6.28. The Hall–Kier alpha value is -3.67. The van der Waals surface area contributed by atoms with Crippen molar-refractivity contribution in [2.75, 3.05) is 13.7 Å². The van der Waals surface area contributed by atoms with Gasteiger partial charge in [-0.05, 0) is 29.8 Å². The molecule has 28 heavy (non-hydrogen) atoms.